The Morgan fingerprint density at radius 3 is 3.03 bits per heavy atom. The van der Waals surface area contributed by atoms with Gasteiger partial charge in [-0.15, -0.1) is 0 Å². The lowest BCUT2D eigenvalue weighted by molar-refractivity contribution is -0.137. The molecule has 1 aromatic heterocycles. The first kappa shape index (κ1) is 25.4. The van der Waals surface area contributed by atoms with Gasteiger partial charge in [-0.2, -0.15) is 0 Å². The van der Waals surface area contributed by atoms with Crippen LogP contribution in [0.3, 0.4) is 0 Å². The lowest BCUT2D eigenvalue weighted by Gasteiger charge is -2.23. The topological polar surface area (TPSA) is 80.7 Å². The number of halogens is 1. The number of rotatable bonds is 12. The molecule has 190 valence electrons. The number of alkyl halides is 1. The highest BCUT2D eigenvalue weighted by atomic mass is 19.1. The van der Waals surface area contributed by atoms with Gasteiger partial charge in [0.25, 0.3) is 0 Å². The summed E-state index contributed by atoms with van der Waals surface area (Å²) in [5, 5.41) is 12.9. The predicted octanol–water partition coefficient (Wildman–Crippen LogP) is 5.55. The molecular weight excluding hydrogens is 447 g/mol. The molecule has 3 atom stereocenters. The summed E-state index contributed by atoms with van der Waals surface area (Å²) in [7, 11) is 1.62. The van der Waals surface area contributed by atoms with Gasteiger partial charge in [-0.05, 0) is 92.5 Å². The van der Waals surface area contributed by atoms with Gasteiger partial charge < -0.3 is 19.9 Å². The average molecular weight is 485 g/mol. The standard InChI is InChI=1S/C28H37FN2O4/c1-34-14-15-35-25-6-2-4-22(17-25)23(18-26(32)33)16-20-9-11-28(29,19-20)12-10-24-8-7-21-5-3-13-30-27(21)31-24/h2,4,6-8,17,20,23H,3,5,9-16,18-19H2,1H3,(H,30,31)(H,32,33)/t20?,23-,28-/m1/s1. The van der Waals surface area contributed by atoms with Gasteiger partial charge in [-0.1, -0.05) is 18.2 Å². The van der Waals surface area contributed by atoms with Crippen molar-refractivity contribution < 1.29 is 23.8 Å². The van der Waals surface area contributed by atoms with Crippen molar-refractivity contribution >= 4 is 11.8 Å². The molecule has 1 aromatic carbocycles. The number of pyridine rings is 1. The molecule has 2 aliphatic rings. The number of aryl methyl sites for hydroxylation is 2. The van der Waals surface area contributed by atoms with Crippen LogP contribution >= 0.6 is 0 Å². The molecule has 1 aliphatic carbocycles. The second-order valence-corrected chi connectivity index (χ2v) is 10.0. The van der Waals surface area contributed by atoms with Crippen molar-refractivity contribution in [1.82, 2.24) is 4.98 Å². The smallest absolute Gasteiger partial charge is 0.303 e. The molecule has 1 fully saturated rings. The molecule has 0 spiro atoms. The average Bonchev–Trinajstić information content (AvgIpc) is 3.23. The van der Waals surface area contributed by atoms with E-state index in [1.165, 1.54) is 5.56 Å². The van der Waals surface area contributed by atoms with Gasteiger partial charge in [0.2, 0.25) is 0 Å². The van der Waals surface area contributed by atoms with Crippen molar-refractivity contribution in [3.63, 3.8) is 0 Å². The predicted molar refractivity (Wildman–Crippen MR) is 134 cm³/mol. The first-order chi connectivity index (χ1) is 16.9. The van der Waals surface area contributed by atoms with Crippen LogP contribution in [-0.4, -0.2) is 48.6 Å². The lowest BCUT2D eigenvalue weighted by Crippen LogP contribution is -2.21. The van der Waals surface area contributed by atoms with Gasteiger partial charge in [0, 0.05) is 19.3 Å². The summed E-state index contributed by atoms with van der Waals surface area (Å²) in [5.74, 6) is 0.821. The fourth-order valence-electron chi connectivity index (χ4n) is 5.52. The molecule has 1 unspecified atom stereocenters. The number of methoxy groups -OCH3 is 1. The van der Waals surface area contributed by atoms with Crippen LogP contribution in [0.5, 0.6) is 5.75 Å². The number of nitrogens with zero attached hydrogens (tertiary/aromatic N) is 1. The molecule has 2 N–H and O–H groups in total. The quantitative estimate of drug-likeness (QED) is 0.384. The normalized spacial score (nSPS) is 22.3. The van der Waals surface area contributed by atoms with Crippen LogP contribution < -0.4 is 10.1 Å². The zero-order valence-corrected chi connectivity index (χ0v) is 20.6. The Kier molecular flexibility index (Phi) is 8.60. The molecule has 1 aliphatic heterocycles. The number of nitrogens with one attached hydrogen (secondary N) is 1. The van der Waals surface area contributed by atoms with E-state index in [0.717, 1.165) is 42.9 Å². The summed E-state index contributed by atoms with van der Waals surface area (Å²) < 4.78 is 26.5. The molecule has 0 saturated heterocycles. The summed E-state index contributed by atoms with van der Waals surface area (Å²) in [5.41, 5.74) is 1.90. The van der Waals surface area contributed by atoms with Crippen molar-refractivity contribution in [1.29, 1.82) is 0 Å². The van der Waals surface area contributed by atoms with Crippen LogP contribution in [0.2, 0.25) is 0 Å². The minimum Gasteiger partial charge on any atom is -0.491 e. The van der Waals surface area contributed by atoms with Gasteiger partial charge in [-0.25, -0.2) is 9.37 Å². The second kappa shape index (κ2) is 11.8. The van der Waals surface area contributed by atoms with Crippen molar-refractivity contribution in [2.24, 2.45) is 5.92 Å². The van der Waals surface area contributed by atoms with E-state index in [4.69, 9.17) is 14.5 Å². The SMILES string of the molecule is COCCOc1cccc([C@@H](CC(=O)O)CC2CC[C@@](F)(CCc3ccc4c(n3)NCCC4)C2)c1. The second-order valence-electron chi connectivity index (χ2n) is 10.0. The summed E-state index contributed by atoms with van der Waals surface area (Å²) in [4.78, 5) is 16.3. The van der Waals surface area contributed by atoms with Crippen LogP contribution in [-0.2, 0) is 22.4 Å². The number of carboxylic acid groups (broad SMARTS) is 1. The van der Waals surface area contributed by atoms with Gasteiger partial charge in [0.1, 0.15) is 23.8 Å². The van der Waals surface area contributed by atoms with E-state index < -0.39 is 11.6 Å². The molecule has 0 radical (unpaired) electrons. The van der Waals surface area contributed by atoms with Gasteiger partial charge in [0.15, 0.2) is 0 Å². The van der Waals surface area contributed by atoms with E-state index in [1.54, 1.807) is 7.11 Å². The van der Waals surface area contributed by atoms with E-state index in [2.05, 4.69) is 11.4 Å². The molecule has 6 nitrogen and oxygen atoms in total. The summed E-state index contributed by atoms with van der Waals surface area (Å²) >= 11 is 0. The number of carbonyl (C=O) groups is 1. The van der Waals surface area contributed by atoms with Crippen molar-refractivity contribution in [3.8, 4) is 5.75 Å². The third-order valence-corrected chi connectivity index (χ3v) is 7.36. The molecule has 0 bridgehead atoms. The molecule has 0 amide bonds. The number of benzene rings is 1. The number of anilines is 1. The Balaban J connectivity index is 1.35. The highest BCUT2D eigenvalue weighted by Gasteiger charge is 2.40. The number of fused-ring (bicyclic) bond motifs is 1. The van der Waals surface area contributed by atoms with Gasteiger partial charge in [0.05, 0.1) is 13.0 Å². The molecule has 4 rings (SSSR count). The van der Waals surface area contributed by atoms with E-state index in [-0.39, 0.29) is 18.3 Å². The Morgan fingerprint density at radius 2 is 2.20 bits per heavy atom. The summed E-state index contributed by atoms with van der Waals surface area (Å²) in [6.45, 7) is 1.87. The number of ether oxygens (including phenoxy) is 2. The van der Waals surface area contributed by atoms with Crippen LogP contribution in [0, 0.1) is 5.92 Å². The Labute approximate surface area is 207 Å². The highest BCUT2D eigenvalue weighted by molar-refractivity contribution is 5.68. The van der Waals surface area contributed by atoms with Crippen molar-refractivity contribution in [3.05, 3.63) is 53.2 Å². The molecule has 2 aromatic rings. The fraction of sp³-hybridized carbons (Fsp3) is 0.571. The van der Waals surface area contributed by atoms with Crippen molar-refractivity contribution in [2.75, 3.05) is 32.2 Å². The molecule has 1 saturated carbocycles. The number of carboxylic acids is 1. The van der Waals surface area contributed by atoms with Crippen LogP contribution in [0.1, 0.15) is 67.7 Å². The third-order valence-electron chi connectivity index (χ3n) is 7.36. The maximum atomic E-state index is 15.7. The minimum atomic E-state index is -1.21. The third kappa shape index (κ3) is 7.17. The van der Waals surface area contributed by atoms with E-state index >= 15 is 4.39 Å². The van der Waals surface area contributed by atoms with Crippen LogP contribution in [0.4, 0.5) is 10.2 Å². The lowest BCUT2D eigenvalue weighted by atomic mass is 9.84. The van der Waals surface area contributed by atoms with E-state index in [1.807, 2.05) is 30.3 Å². The monoisotopic (exact) mass is 484 g/mol. The van der Waals surface area contributed by atoms with Crippen LogP contribution in [0.15, 0.2) is 36.4 Å². The Morgan fingerprint density at radius 1 is 1.31 bits per heavy atom. The summed E-state index contributed by atoms with van der Waals surface area (Å²) in [6.07, 6.45) is 5.75. The number of hydrogen-bond donors (Lipinski definition) is 2. The van der Waals surface area contributed by atoms with E-state index in [9.17, 15) is 9.90 Å². The first-order valence-corrected chi connectivity index (χ1v) is 12.8. The maximum Gasteiger partial charge on any atom is 0.303 e. The summed E-state index contributed by atoms with van der Waals surface area (Å²) in [6, 6.07) is 11.8. The zero-order chi connectivity index (χ0) is 24.7. The maximum absolute atomic E-state index is 15.7. The minimum absolute atomic E-state index is 0.0311. The highest BCUT2D eigenvalue weighted by Crippen LogP contribution is 2.45. The number of aromatic nitrogens is 1. The Bertz CT molecular complexity index is 1000. The molecule has 35 heavy (non-hydrogen) atoms. The molecule has 7 heteroatoms. The fourth-order valence-corrected chi connectivity index (χ4v) is 5.52. The van der Waals surface area contributed by atoms with Gasteiger partial charge >= 0.3 is 5.97 Å². The molecule has 2 heterocycles. The molecular formula is C28H37FN2O4. The van der Waals surface area contributed by atoms with Crippen LogP contribution in [0.25, 0.3) is 0 Å². The Hall–Kier alpha value is -2.67. The number of aliphatic carboxylic acids is 1. The van der Waals surface area contributed by atoms with Crippen molar-refractivity contribution in [2.45, 2.75) is 69.4 Å². The first-order valence-electron chi connectivity index (χ1n) is 12.8. The largest absolute Gasteiger partial charge is 0.491 e. The zero-order valence-electron chi connectivity index (χ0n) is 20.6. The van der Waals surface area contributed by atoms with E-state index in [0.29, 0.717) is 51.1 Å². The van der Waals surface area contributed by atoms with Gasteiger partial charge in [-0.3, -0.25) is 4.79 Å². The number of hydrogen-bond acceptors (Lipinski definition) is 5.